The lowest BCUT2D eigenvalue weighted by Crippen LogP contribution is -2.07. The van der Waals surface area contributed by atoms with Crippen LogP contribution in [0, 0.1) is 6.92 Å². The first-order chi connectivity index (χ1) is 9.28. The van der Waals surface area contributed by atoms with Crippen molar-refractivity contribution in [2.24, 2.45) is 0 Å². The number of hydrogen-bond donors (Lipinski definition) is 2. The van der Waals surface area contributed by atoms with Gasteiger partial charge in [-0.1, -0.05) is 6.92 Å². The summed E-state index contributed by atoms with van der Waals surface area (Å²) >= 11 is 0. The first kappa shape index (κ1) is 13.2. The largest absolute Gasteiger partial charge is 0.370 e. The minimum Gasteiger partial charge on any atom is -0.370 e. The summed E-state index contributed by atoms with van der Waals surface area (Å²) in [5.74, 6) is 2.38. The molecule has 6 nitrogen and oxygen atoms in total. The smallest absolute Gasteiger partial charge is 0.131 e. The number of anilines is 2. The van der Waals surface area contributed by atoms with Crippen LogP contribution in [0.3, 0.4) is 0 Å². The monoisotopic (exact) mass is 258 g/mol. The number of rotatable bonds is 6. The first-order valence-electron chi connectivity index (χ1n) is 6.36. The van der Waals surface area contributed by atoms with Crippen LogP contribution in [-0.2, 0) is 6.54 Å². The molecule has 19 heavy (non-hydrogen) atoms. The van der Waals surface area contributed by atoms with Gasteiger partial charge in [0.2, 0.25) is 0 Å². The van der Waals surface area contributed by atoms with Crippen LogP contribution in [0.1, 0.15) is 24.9 Å². The van der Waals surface area contributed by atoms with E-state index in [4.69, 9.17) is 0 Å². The standard InChI is InChI=1S/C13H18N6/c1-3-5-15-12-7-13(18-9-17-12)16-8-11-4-6-14-10(2)19-11/h4,6-7,9H,3,5,8H2,1-2H3,(H2,15,16,17,18). The van der Waals surface area contributed by atoms with Gasteiger partial charge < -0.3 is 10.6 Å². The molecule has 0 aliphatic rings. The second kappa shape index (κ2) is 6.63. The molecule has 0 aliphatic heterocycles. The maximum atomic E-state index is 4.33. The molecule has 0 saturated heterocycles. The Bertz CT molecular complexity index is 528. The fourth-order valence-corrected chi connectivity index (χ4v) is 1.59. The van der Waals surface area contributed by atoms with Crippen LogP contribution in [0.5, 0.6) is 0 Å². The van der Waals surface area contributed by atoms with Gasteiger partial charge in [-0.15, -0.1) is 0 Å². The van der Waals surface area contributed by atoms with E-state index in [9.17, 15) is 0 Å². The third kappa shape index (κ3) is 4.17. The quantitative estimate of drug-likeness (QED) is 0.825. The van der Waals surface area contributed by atoms with Crippen molar-refractivity contribution in [2.45, 2.75) is 26.8 Å². The van der Waals surface area contributed by atoms with Crippen LogP contribution in [0.15, 0.2) is 24.7 Å². The summed E-state index contributed by atoms with van der Waals surface area (Å²) in [6.45, 7) is 5.51. The fraction of sp³-hybridized carbons (Fsp3) is 0.385. The first-order valence-corrected chi connectivity index (χ1v) is 6.36. The van der Waals surface area contributed by atoms with Crippen LogP contribution < -0.4 is 10.6 Å². The Morgan fingerprint density at radius 3 is 2.63 bits per heavy atom. The van der Waals surface area contributed by atoms with Crippen molar-refractivity contribution in [1.82, 2.24) is 19.9 Å². The normalized spacial score (nSPS) is 10.2. The van der Waals surface area contributed by atoms with Crippen molar-refractivity contribution in [3.63, 3.8) is 0 Å². The third-order valence-corrected chi connectivity index (χ3v) is 2.51. The fourth-order valence-electron chi connectivity index (χ4n) is 1.59. The van der Waals surface area contributed by atoms with E-state index in [0.717, 1.165) is 36.1 Å². The van der Waals surface area contributed by atoms with E-state index in [2.05, 4.69) is 37.5 Å². The van der Waals surface area contributed by atoms with Crippen LogP contribution in [0.25, 0.3) is 0 Å². The summed E-state index contributed by atoms with van der Waals surface area (Å²) in [4.78, 5) is 16.7. The second-order valence-electron chi connectivity index (χ2n) is 4.16. The van der Waals surface area contributed by atoms with Gasteiger partial charge in [0.15, 0.2) is 0 Å². The topological polar surface area (TPSA) is 75.6 Å². The highest BCUT2D eigenvalue weighted by atomic mass is 15.1. The van der Waals surface area contributed by atoms with E-state index in [1.807, 2.05) is 19.1 Å². The molecule has 2 rings (SSSR count). The molecule has 2 heterocycles. The lowest BCUT2D eigenvalue weighted by molar-refractivity contribution is 0.943. The van der Waals surface area contributed by atoms with E-state index in [-0.39, 0.29) is 0 Å². The number of aryl methyl sites for hydroxylation is 1. The zero-order valence-corrected chi connectivity index (χ0v) is 11.2. The molecule has 0 spiro atoms. The molecular weight excluding hydrogens is 240 g/mol. The lowest BCUT2D eigenvalue weighted by atomic mass is 10.4. The van der Waals surface area contributed by atoms with E-state index < -0.39 is 0 Å². The molecular formula is C13H18N6. The minimum absolute atomic E-state index is 0.619. The minimum atomic E-state index is 0.619. The number of nitrogens with one attached hydrogen (secondary N) is 2. The zero-order valence-electron chi connectivity index (χ0n) is 11.2. The SMILES string of the molecule is CCCNc1cc(NCc2ccnc(C)n2)ncn1. The van der Waals surface area contributed by atoms with Crippen molar-refractivity contribution in [3.8, 4) is 0 Å². The molecule has 0 atom stereocenters. The molecule has 0 fully saturated rings. The van der Waals surface area contributed by atoms with Crippen molar-refractivity contribution in [3.05, 3.63) is 36.2 Å². The van der Waals surface area contributed by atoms with Gasteiger partial charge in [0.1, 0.15) is 23.8 Å². The molecule has 0 amide bonds. The summed E-state index contributed by atoms with van der Waals surface area (Å²) in [6.07, 6.45) is 4.37. The van der Waals surface area contributed by atoms with Crippen molar-refractivity contribution < 1.29 is 0 Å². The molecule has 0 saturated carbocycles. The number of aromatic nitrogens is 4. The predicted molar refractivity (Wildman–Crippen MR) is 74.9 cm³/mol. The molecule has 6 heteroatoms. The molecule has 2 N–H and O–H groups in total. The van der Waals surface area contributed by atoms with Gasteiger partial charge in [-0.25, -0.2) is 19.9 Å². The highest BCUT2D eigenvalue weighted by Crippen LogP contribution is 2.09. The van der Waals surface area contributed by atoms with Gasteiger partial charge >= 0.3 is 0 Å². The molecule has 0 bridgehead atoms. The summed E-state index contributed by atoms with van der Waals surface area (Å²) in [5, 5.41) is 6.45. The molecule has 2 aromatic heterocycles. The Balaban J connectivity index is 1.95. The Kier molecular flexibility index (Phi) is 4.60. The Hall–Kier alpha value is -2.24. The lowest BCUT2D eigenvalue weighted by Gasteiger charge is -2.07. The third-order valence-electron chi connectivity index (χ3n) is 2.51. The predicted octanol–water partition coefficient (Wildman–Crippen LogP) is 2.01. The molecule has 2 aromatic rings. The van der Waals surface area contributed by atoms with Crippen LogP contribution in [0.2, 0.25) is 0 Å². The van der Waals surface area contributed by atoms with Crippen LogP contribution in [-0.4, -0.2) is 26.5 Å². The van der Waals surface area contributed by atoms with Crippen molar-refractivity contribution >= 4 is 11.6 Å². The summed E-state index contributed by atoms with van der Waals surface area (Å²) < 4.78 is 0. The van der Waals surface area contributed by atoms with Gasteiger partial charge in [0, 0.05) is 18.8 Å². The second-order valence-corrected chi connectivity index (χ2v) is 4.16. The van der Waals surface area contributed by atoms with Gasteiger partial charge in [0.25, 0.3) is 0 Å². The average molecular weight is 258 g/mol. The van der Waals surface area contributed by atoms with E-state index in [1.165, 1.54) is 0 Å². The van der Waals surface area contributed by atoms with Crippen molar-refractivity contribution in [2.75, 3.05) is 17.2 Å². The average Bonchev–Trinajstić information content (AvgIpc) is 2.43. The maximum absolute atomic E-state index is 4.33. The van der Waals surface area contributed by atoms with E-state index >= 15 is 0 Å². The molecule has 0 aromatic carbocycles. The van der Waals surface area contributed by atoms with Gasteiger partial charge in [0.05, 0.1) is 12.2 Å². The summed E-state index contributed by atoms with van der Waals surface area (Å²) in [7, 11) is 0. The highest BCUT2D eigenvalue weighted by Gasteiger charge is 1.99. The van der Waals surface area contributed by atoms with Gasteiger partial charge in [-0.3, -0.25) is 0 Å². The molecule has 0 aliphatic carbocycles. The Morgan fingerprint density at radius 1 is 1.11 bits per heavy atom. The van der Waals surface area contributed by atoms with Crippen LogP contribution in [0.4, 0.5) is 11.6 Å². The Morgan fingerprint density at radius 2 is 1.89 bits per heavy atom. The molecule has 0 radical (unpaired) electrons. The molecule has 100 valence electrons. The van der Waals surface area contributed by atoms with Crippen molar-refractivity contribution in [1.29, 1.82) is 0 Å². The van der Waals surface area contributed by atoms with Crippen LogP contribution >= 0.6 is 0 Å². The molecule has 0 unspecified atom stereocenters. The van der Waals surface area contributed by atoms with E-state index in [0.29, 0.717) is 6.54 Å². The highest BCUT2D eigenvalue weighted by molar-refractivity contribution is 5.46. The number of nitrogens with zero attached hydrogens (tertiary/aromatic N) is 4. The summed E-state index contributed by atoms with van der Waals surface area (Å²) in [6, 6.07) is 3.78. The van der Waals surface area contributed by atoms with Gasteiger partial charge in [-0.05, 0) is 19.4 Å². The Labute approximate surface area is 112 Å². The maximum Gasteiger partial charge on any atom is 0.131 e. The van der Waals surface area contributed by atoms with Gasteiger partial charge in [-0.2, -0.15) is 0 Å². The number of hydrogen-bond acceptors (Lipinski definition) is 6. The van der Waals surface area contributed by atoms with E-state index in [1.54, 1.807) is 12.5 Å². The zero-order chi connectivity index (χ0) is 13.5. The summed E-state index contributed by atoms with van der Waals surface area (Å²) in [5.41, 5.74) is 0.939.